The van der Waals surface area contributed by atoms with Crippen molar-refractivity contribution >= 4 is 17.6 Å². The van der Waals surface area contributed by atoms with Crippen molar-refractivity contribution in [2.24, 2.45) is 0 Å². The summed E-state index contributed by atoms with van der Waals surface area (Å²) in [6.45, 7) is 2.51. The van der Waals surface area contributed by atoms with Crippen LogP contribution in [0.1, 0.15) is 40.7 Å². The number of aromatic carboxylic acids is 1. The Bertz CT molecular complexity index is 693. The van der Waals surface area contributed by atoms with Crippen LogP contribution in [0.15, 0.2) is 18.2 Å². The molecule has 3 rings (SSSR count). The van der Waals surface area contributed by atoms with E-state index < -0.39 is 5.97 Å². The van der Waals surface area contributed by atoms with Crippen LogP contribution in [-0.4, -0.2) is 32.7 Å². The molecule has 0 spiro atoms. The zero-order chi connectivity index (χ0) is 15.0. The topological polar surface area (TPSA) is 77.2 Å². The fourth-order valence-electron chi connectivity index (χ4n) is 2.43. The molecule has 1 N–H and O–H groups in total. The van der Waals surface area contributed by atoms with Gasteiger partial charge in [0.2, 0.25) is 0 Å². The first-order valence-electron chi connectivity index (χ1n) is 6.65. The van der Waals surface area contributed by atoms with E-state index in [1.807, 2.05) is 19.1 Å². The van der Waals surface area contributed by atoms with Crippen LogP contribution in [0, 0.1) is 6.92 Å². The van der Waals surface area contributed by atoms with Crippen molar-refractivity contribution in [3.63, 3.8) is 0 Å². The first kappa shape index (κ1) is 14.0. The maximum atomic E-state index is 11.3. The molecule has 1 aliphatic rings. The molecule has 0 aliphatic carbocycles. The van der Waals surface area contributed by atoms with Crippen LogP contribution in [-0.2, 0) is 4.74 Å². The molecular weight excluding hydrogens is 294 g/mol. The van der Waals surface area contributed by atoms with Gasteiger partial charge in [0.05, 0.1) is 5.69 Å². The summed E-state index contributed by atoms with van der Waals surface area (Å²) < 4.78 is 7.11. The van der Waals surface area contributed by atoms with E-state index in [9.17, 15) is 9.90 Å². The molecule has 110 valence electrons. The average molecular weight is 308 g/mol. The highest BCUT2D eigenvalue weighted by Crippen LogP contribution is 2.32. The lowest BCUT2D eigenvalue weighted by Gasteiger charge is -2.13. The van der Waals surface area contributed by atoms with Gasteiger partial charge in [0.15, 0.2) is 5.69 Å². The Morgan fingerprint density at radius 2 is 2.33 bits per heavy atom. The third-order valence-electron chi connectivity index (χ3n) is 3.54. The first-order valence-corrected chi connectivity index (χ1v) is 7.02. The van der Waals surface area contributed by atoms with Gasteiger partial charge in [-0.25, -0.2) is 9.48 Å². The van der Waals surface area contributed by atoms with Gasteiger partial charge in [0.25, 0.3) is 0 Å². The van der Waals surface area contributed by atoms with E-state index in [0.29, 0.717) is 23.0 Å². The molecule has 2 aromatic rings. The molecule has 1 aliphatic heterocycles. The standard InChI is InChI=1S/C14H14ClN3O3/c1-8-4-5-9(7-10(8)15)18-13(11-3-2-6-21-11)12(14(19)20)16-17-18/h4-5,7,11H,2-3,6H2,1H3,(H,19,20). The highest BCUT2D eigenvalue weighted by Gasteiger charge is 2.30. The number of carboxylic acids is 1. The van der Waals surface area contributed by atoms with Crippen molar-refractivity contribution in [3.8, 4) is 5.69 Å². The van der Waals surface area contributed by atoms with Crippen LogP contribution in [0.3, 0.4) is 0 Å². The third-order valence-corrected chi connectivity index (χ3v) is 3.95. The van der Waals surface area contributed by atoms with E-state index in [1.165, 1.54) is 4.68 Å². The van der Waals surface area contributed by atoms with E-state index in [-0.39, 0.29) is 11.8 Å². The number of aromatic nitrogens is 3. The van der Waals surface area contributed by atoms with E-state index in [2.05, 4.69) is 10.3 Å². The van der Waals surface area contributed by atoms with Crippen molar-refractivity contribution < 1.29 is 14.6 Å². The zero-order valence-corrected chi connectivity index (χ0v) is 12.2. The second kappa shape index (κ2) is 5.46. The molecule has 1 fully saturated rings. The van der Waals surface area contributed by atoms with E-state index in [4.69, 9.17) is 16.3 Å². The van der Waals surface area contributed by atoms with Crippen LogP contribution in [0.5, 0.6) is 0 Å². The molecule has 21 heavy (non-hydrogen) atoms. The fraction of sp³-hybridized carbons (Fsp3) is 0.357. The SMILES string of the molecule is Cc1ccc(-n2nnc(C(=O)O)c2C2CCCO2)cc1Cl. The minimum atomic E-state index is -1.11. The second-order valence-corrected chi connectivity index (χ2v) is 5.38. The maximum Gasteiger partial charge on any atom is 0.358 e. The smallest absolute Gasteiger partial charge is 0.358 e. The number of benzene rings is 1. The average Bonchev–Trinajstić information content (AvgIpc) is 3.09. The molecule has 1 aromatic heterocycles. The Kier molecular flexibility index (Phi) is 3.65. The number of aryl methyl sites for hydroxylation is 1. The van der Waals surface area contributed by atoms with Crippen LogP contribution in [0.4, 0.5) is 0 Å². The van der Waals surface area contributed by atoms with Crippen molar-refractivity contribution in [3.05, 3.63) is 40.2 Å². The highest BCUT2D eigenvalue weighted by atomic mass is 35.5. The molecule has 1 saturated heterocycles. The van der Waals surface area contributed by atoms with Gasteiger partial charge in [-0.15, -0.1) is 5.10 Å². The quantitative estimate of drug-likeness (QED) is 0.943. The second-order valence-electron chi connectivity index (χ2n) is 4.98. The lowest BCUT2D eigenvalue weighted by molar-refractivity contribution is 0.0673. The fourth-order valence-corrected chi connectivity index (χ4v) is 2.60. The lowest BCUT2D eigenvalue weighted by Crippen LogP contribution is -2.11. The van der Waals surface area contributed by atoms with Crippen molar-refractivity contribution in [1.29, 1.82) is 0 Å². The number of nitrogens with zero attached hydrogens (tertiary/aromatic N) is 3. The molecule has 0 bridgehead atoms. The molecular formula is C14H14ClN3O3. The lowest BCUT2D eigenvalue weighted by atomic mass is 10.1. The van der Waals surface area contributed by atoms with Gasteiger partial charge in [0.1, 0.15) is 11.8 Å². The van der Waals surface area contributed by atoms with Crippen LogP contribution < -0.4 is 0 Å². The predicted octanol–water partition coefficient (Wildman–Crippen LogP) is 2.78. The Hall–Kier alpha value is -1.92. The van der Waals surface area contributed by atoms with Crippen LogP contribution in [0.25, 0.3) is 5.69 Å². The van der Waals surface area contributed by atoms with Crippen LogP contribution >= 0.6 is 11.6 Å². The molecule has 0 saturated carbocycles. The summed E-state index contributed by atoms with van der Waals surface area (Å²) in [4.78, 5) is 11.3. The highest BCUT2D eigenvalue weighted by molar-refractivity contribution is 6.31. The van der Waals surface area contributed by atoms with Crippen molar-refractivity contribution in [2.75, 3.05) is 6.61 Å². The molecule has 1 atom stereocenters. The number of halogens is 1. The van der Waals surface area contributed by atoms with Crippen molar-refractivity contribution in [1.82, 2.24) is 15.0 Å². The summed E-state index contributed by atoms with van der Waals surface area (Å²) in [5.41, 5.74) is 2.02. The number of hydrogen-bond donors (Lipinski definition) is 1. The van der Waals surface area contributed by atoms with Gasteiger partial charge >= 0.3 is 5.97 Å². The molecule has 0 radical (unpaired) electrons. The van der Waals surface area contributed by atoms with Gasteiger partial charge < -0.3 is 9.84 Å². The Morgan fingerprint density at radius 3 is 2.95 bits per heavy atom. The van der Waals surface area contributed by atoms with Gasteiger partial charge in [-0.05, 0) is 37.5 Å². The monoisotopic (exact) mass is 307 g/mol. The summed E-state index contributed by atoms with van der Waals surface area (Å²) in [6, 6.07) is 5.44. The molecule has 1 aromatic carbocycles. The molecule has 7 heteroatoms. The van der Waals surface area contributed by atoms with E-state index in [1.54, 1.807) is 6.07 Å². The van der Waals surface area contributed by atoms with E-state index in [0.717, 1.165) is 18.4 Å². The van der Waals surface area contributed by atoms with Crippen LogP contribution in [0.2, 0.25) is 5.02 Å². The summed E-state index contributed by atoms with van der Waals surface area (Å²) in [5.74, 6) is -1.11. The largest absolute Gasteiger partial charge is 0.476 e. The Labute approximate surface area is 126 Å². The molecule has 1 unspecified atom stereocenters. The third kappa shape index (κ3) is 2.52. The summed E-state index contributed by atoms with van der Waals surface area (Å²) in [7, 11) is 0. The summed E-state index contributed by atoms with van der Waals surface area (Å²) in [6.07, 6.45) is 1.35. The number of ether oxygens (including phenoxy) is 1. The van der Waals surface area contributed by atoms with Gasteiger partial charge in [-0.1, -0.05) is 22.9 Å². The first-order chi connectivity index (χ1) is 10.1. The zero-order valence-electron chi connectivity index (χ0n) is 11.4. The molecule has 2 heterocycles. The normalized spacial score (nSPS) is 18.1. The Balaban J connectivity index is 2.13. The Morgan fingerprint density at radius 1 is 1.52 bits per heavy atom. The van der Waals surface area contributed by atoms with Gasteiger partial charge in [0, 0.05) is 11.6 Å². The minimum absolute atomic E-state index is 0.0707. The number of hydrogen-bond acceptors (Lipinski definition) is 4. The number of carbonyl (C=O) groups is 1. The summed E-state index contributed by atoms with van der Waals surface area (Å²) in [5, 5.41) is 17.6. The maximum absolute atomic E-state index is 11.3. The van der Waals surface area contributed by atoms with Gasteiger partial charge in [-0.2, -0.15) is 0 Å². The number of carboxylic acid groups (broad SMARTS) is 1. The van der Waals surface area contributed by atoms with Crippen molar-refractivity contribution in [2.45, 2.75) is 25.9 Å². The van der Waals surface area contributed by atoms with Gasteiger partial charge in [-0.3, -0.25) is 0 Å². The minimum Gasteiger partial charge on any atom is -0.476 e. The predicted molar refractivity (Wildman–Crippen MR) is 76.0 cm³/mol. The molecule has 6 nitrogen and oxygen atoms in total. The number of rotatable bonds is 3. The summed E-state index contributed by atoms with van der Waals surface area (Å²) >= 11 is 6.14. The van der Waals surface area contributed by atoms with E-state index >= 15 is 0 Å². The molecule has 0 amide bonds.